The topological polar surface area (TPSA) is 53.2 Å². The normalized spacial score (nSPS) is 11.0. The van der Waals surface area contributed by atoms with Crippen molar-refractivity contribution in [2.24, 2.45) is 0 Å². The van der Waals surface area contributed by atoms with Crippen LogP contribution in [-0.2, 0) is 6.54 Å². The number of halogens is 1. The predicted molar refractivity (Wildman–Crippen MR) is 127 cm³/mol. The number of amides is 1. The quantitative estimate of drug-likeness (QED) is 0.434. The Bertz CT molecular complexity index is 1340. The van der Waals surface area contributed by atoms with Gasteiger partial charge < -0.3 is 9.88 Å². The van der Waals surface area contributed by atoms with Gasteiger partial charge in [-0.05, 0) is 79.2 Å². The molecule has 31 heavy (non-hydrogen) atoms. The summed E-state index contributed by atoms with van der Waals surface area (Å²) < 4.78 is 0. The maximum absolute atomic E-state index is 13.5. The molecule has 0 spiro atoms. The highest BCUT2D eigenvalue weighted by Gasteiger charge is 2.21. The average molecular weight is 431 g/mol. The number of anilines is 1. The molecule has 0 aliphatic heterocycles. The highest BCUT2D eigenvalue weighted by atomic mass is 35.5. The van der Waals surface area contributed by atoms with Crippen LogP contribution in [0.25, 0.3) is 10.9 Å². The number of carbonyl (C=O) groups excluding carboxylic acids is 1. The van der Waals surface area contributed by atoms with E-state index in [1.165, 1.54) is 0 Å². The van der Waals surface area contributed by atoms with Gasteiger partial charge in [0.2, 0.25) is 0 Å². The summed E-state index contributed by atoms with van der Waals surface area (Å²) in [5, 5.41) is 1.51. The van der Waals surface area contributed by atoms with E-state index in [2.05, 4.69) is 4.98 Å². The van der Waals surface area contributed by atoms with E-state index in [9.17, 15) is 9.59 Å². The number of para-hydroxylation sites is 1. The van der Waals surface area contributed by atoms with Crippen molar-refractivity contribution in [2.75, 3.05) is 4.90 Å². The number of hydrogen-bond acceptors (Lipinski definition) is 2. The summed E-state index contributed by atoms with van der Waals surface area (Å²) in [6.45, 7) is 6.07. The van der Waals surface area contributed by atoms with Gasteiger partial charge in [0.05, 0.1) is 12.1 Å². The average Bonchev–Trinajstić information content (AvgIpc) is 2.75. The molecule has 0 saturated carbocycles. The molecule has 4 aromatic rings. The lowest BCUT2D eigenvalue weighted by Gasteiger charge is -2.25. The molecule has 0 aliphatic rings. The fourth-order valence-electron chi connectivity index (χ4n) is 3.74. The number of hydrogen-bond donors (Lipinski definition) is 1. The van der Waals surface area contributed by atoms with Gasteiger partial charge in [-0.1, -0.05) is 41.9 Å². The van der Waals surface area contributed by atoms with Crippen molar-refractivity contribution in [1.82, 2.24) is 4.98 Å². The van der Waals surface area contributed by atoms with Gasteiger partial charge >= 0.3 is 0 Å². The predicted octanol–water partition coefficient (Wildman–Crippen LogP) is 5.95. The fraction of sp³-hybridized carbons (Fsp3) is 0.154. The molecule has 156 valence electrons. The lowest BCUT2D eigenvalue weighted by atomic mass is 10.1. The molecule has 0 unspecified atom stereocenters. The minimum Gasteiger partial charge on any atom is -0.321 e. The smallest absolute Gasteiger partial charge is 0.258 e. The highest BCUT2D eigenvalue weighted by Crippen LogP contribution is 2.26. The molecular weight excluding hydrogens is 408 g/mol. The van der Waals surface area contributed by atoms with Crippen LogP contribution in [0.3, 0.4) is 0 Å². The molecule has 3 aromatic carbocycles. The van der Waals surface area contributed by atoms with Crippen LogP contribution < -0.4 is 10.5 Å². The minimum atomic E-state index is -0.194. The maximum atomic E-state index is 13.5. The van der Waals surface area contributed by atoms with E-state index in [1.807, 2.05) is 63.2 Å². The van der Waals surface area contributed by atoms with Crippen LogP contribution in [0.1, 0.15) is 32.6 Å². The van der Waals surface area contributed by atoms with E-state index in [0.717, 1.165) is 33.3 Å². The molecule has 1 N–H and O–H groups in total. The molecule has 0 saturated heterocycles. The molecule has 0 bridgehead atoms. The van der Waals surface area contributed by atoms with Crippen molar-refractivity contribution in [3.05, 3.63) is 110 Å². The molecule has 1 amide bonds. The van der Waals surface area contributed by atoms with E-state index in [0.29, 0.717) is 16.1 Å². The SMILES string of the molecule is Cc1ccc(C)c(N(Cc2cc3cccc(C)c3[nH]c2=O)C(=O)c2ccc(Cl)cc2)c1. The lowest BCUT2D eigenvalue weighted by molar-refractivity contribution is 0.0985. The Morgan fingerprint density at radius 1 is 0.935 bits per heavy atom. The molecule has 0 fully saturated rings. The Kier molecular flexibility index (Phi) is 5.66. The molecule has 5 heteroatoms. The van der Waals surface area contributed by atoms with Gasteiger partial charge in [0.15, 0.2) is 0 Å². The van der Waals surface area contributed by atoms with Crippen molar-refractivity contribution in [1.29, 1.82) is 0 Å². The number of benzene rings is 3. The van der Waals surface area contributed by atoms with Crippen LogP contribution in [0.5, 0.6) is 0 Å². The van der Waals surface area contributed by atoms with Gasteiger partial charge in [-0.3, -0.25) is 9.59 Å². The van der Waals surface area contributed by atoms with Crippen LogP contribution in [0.15, 0.2) is 71.5 Å². The van der Waals surface area contributed by atoms with Crippen LogP contribution in [0, 0.1) is 20.8 Å². The Hall–Kier alpha value is -3.37. The summed E-state index contributed by atoms with van der Waals surface area (Å²) in [6, 6.07) is 20.5. The number of nitrogens with one attached hydrogen (secondary N) is 1. The fourth-order valence-corrected chi connectivity index (χ4v) is 3.87. The van der Waals surface area contributed by atoms with Crippen molar-refractivity contribution in [3.8, 4) is 0 Å². The van der Waals surface area contributed by atoms with Crippen molar-refractivity contribution < 1.29 is 4.79 Å². The van der Waals surface area contributed by atoms with E-state index in [-0.39, 0.29) is 18.0 Å². The zero-order valence-corrected chi connectivity index (χ0v) is 18.5. The Morgan fingerprint density at radius 3 is 2.42 bits per heavy atom. The molecule has 4 nitrogen and oxygen atoms in total. The molecular formula is C26H23ClN2O2. The zero-order valence-electron chi connectivity index (χ0n) is 17.7. The first kappa shape index (κ1) is 20.9. The summed E-state index contributed by atoms with van der Waals surface area (Å²) in [5.74, 6) is -0.186. The first-order valence-corrected chi connectivity index (χ1v) is 10.5. The van der Waals surface area contributed by atoms with Crippen molar-refractivity contribution in [3.63, 3.8) is 0 Å². The molecule has 1 heterocycles. The Balaban J connectivity index is 1.83. The number of nitrogens with zero attached hydrogens (tertiary/aromatic N) is 1. The second kappa shape index (κ2) is 8.40. The number of fused-ring (bicyclic) bond motifs is 1. The summed E-state index contributed by atoms with van der Waals surface area (Å²) in [4.78, 5) is 31.1. The van der Waals surface area contributed by atoms with Crippen molar-refractivity contribution >= 4 is 34.1 Å². The third-order valence-electron chi connectivity index (χ3n) is 5.49. The van der Waals surface area contributed by atoms with E-state index >= 15 is 0 Å². The van der Waals surface area contributed by atoms with E-state index < -0.39 is 0 Å². The number of aromatic amines is 1. The number of pyridine rings is 1. The van der Waals surface area contributed by atoms with Crippen LogP contribution in [-0.4, -0.2) is 10.9 Å². The number of rotatable bonds is 4. The van der Waals surface area contributed by atoms with Crippen molar-refractivity contribution in [2.45, 2.75) is 27.3 Å². The van der Waals surface area contributed by atoms with E-state index in [4.69, 9.17) is 11.6 Å². The summed E-state index contributed by atoms with van der Waals surface area (Å²) >= 11 is 6.01. The van der Waals surface area contributed by atoms with Crippen LogP contribution in [0.2, 0.25) is 5.02 Å². The van der Waals surface area contributed by atoms with Crippen LogP contribution >= 0.6 is 11.6 Å². The summed E-state index contributed by atoms with van der Waals surface area (Å²) in [7, 11) is 0. The third-order valence-corrected chi connectivity index (χ3v) is 5.74. The molecule has 0 aliphatic carbocycles. The van der Waals surface area contributed by atoms with Crippen LogP contribution in [0.4, 0.5) is 5.69 Å². The Labute approximate surface area is 186 Å². The molecule has 0 radical (unpaired) electrons. The van der Waals surface area contributed by atoms with E-state index in [1.54, 1.807) is 29.2 Å². The van der Waals surface area contributed by atoms with Gasteiger partial charge in [0, 0.05) is 21.8 Å². The molecule has 4 rings (SSSR count). The monoisotopic (exact) mass is 430 g/mol. The molecule has 1 aromatic heterocycles. The van der Waals surface area contributed by atoms with Gasteiger partial charge in [-0.2, -0.15) is 0 Å². The lowest BCUT2D eigenvalue weighted by Crippen LogP contribution is -2.33. The second-order valence-corrected chi connectivity index (χ2v) is 8.29. The molecule has 0 atom stereocenters. The number of carbonyl (C=O) groups is 1. The first-order chi connectivity index (χ1) is 14.8. The number of aromatic nitrogens is 1. The maximum Gasteiger partial charge on any atom is 0.258 e. The third kappa shape index (κ3) is 4.25. The second-order valence-electron chi connectivity index (χ2n) is 7.85. The van der Waals surface area contributed by atoms with Gasteiger partial charge in [-0.15, -0.1) is 0 Å². The standard InChI is InChI=1S/C26H23ClN2O2/c1-16-7-8-17(2)23(13-16)29(26(31)19-9-11-22(27)12-10-19)15-21-14-20-6-4-5-18(3)24(20)28-25(21)30/h4-14H,15H2,1-3H3,(H,28,30). The highest BCUT2D eigenvalue weighted by molar-refractivity contribution is 6.30. The minimum absolute atomic E-state index is 0.158. The van der Waals surface area contributed by atoms with Gasteiger partial charge in [-0.25, -0.2) is 0 Å². The summed E-state index contributed by atoms with van der Waals surface area (Å²) in [6.07, 6.45) is 0. The van der Waals surface area contributed by atoms with Gasteiger partial charge in [0.25, 0.3) is 11.5 Å². The summed E-state index contributed by atoms with van der Waals surface area (Å²) in [5.41, 5.74) is 5.45. The first-order valence-electron chi connectivity index (χ1n) is 10.1. The number of H-pyrrole nitrogens is 1. The Morgan fingerprint density at radius 2 is 1.68 bits per heavy atom. The largest absolute Gasteiger partial charge is 0.321 e. The number of aryl methyl sites for hydroxylation is 3. The van der Waals surface area contributed by atoms with Gasteiger partial charge in [0.1, 0.15) is 0 Å². The zero-order chi connectivity index (χ0) is 22.1.